The maximum atomic E-state index is 12.1. The van der Waals surface area contributed by atoms with Crippen LogP contribution in [0.5, 0.6) is 0 Å². The number of hydrogen-bond donors (Lipinski definition) is 2. The number of nitrogens with one attached hydrogen (secondary N) is 2. The average molecular weight is 345 g/mol. The van der Waals surface area contributed by atoms with Gasteiger partial charge in [-0.2, -0.15) is 5.10 Å². The van der Waals surface area contributed by atoms with Gasteiger partial charge in [-0.25, -0.2) is 14.7 Å². The summed E-state index contributed by atoms with van der Waals surface area (Å²) in [5.41, 5.74) is 0.217. The Hall–Kier alpha value is -1.83. The van der Waals surface area contributed by atoms with Crippen LogP contribution in [0.25, 0.3) is 0 Å². The van der Waals surface area contributed by atoms with Crippen molar-refractivity contribution in [3.63, 3.8) is 0 Å². The summed E-state index contributed by atoms with van der Waals surface area (Å²) in [4.78, 5) is 27.4. The van der Waals surface area contributed by atoms with E-state index in [2.05, 4.69) is 15.2 Å². The Bertz CT molecular complexity index is 728. The van der Waals surface area contributed by atoms with Crippen molar-refractivity contribution >= 4 is 29.2 Å². The number of likely N-dealkylation sites (N-methyl/N-ethyl adjacent to an activating group) is 1. The number of nitrogens with zero attached hydrogens (tertiary/aromatic N) is 2. The van der Waals surface area contributed by atoms with E-state index in [0.717, 1.165) is 0 Å². The molecule has 2 N–H and O–H groups in total. The molecule has 9 heteroatoms. The number of H-pyrrole nitrogens is 2. The van der Waals surface area contributed by atoms with Gasteiger partial charge in [0.2, 0.25) is 0 Å². The van der Waals surface area contributed by atoms with Crippen LogP contribution in [0.4, 0.5) is 0 Å². The summed E-state index contributed by atoms with van der Waals surface area (Å²) in [6.07, 6.45) is 0. The van der Waals surface area contributed by atoms with Crippen molar-refractivity contribution < 1.29 is 9.53 Å². The summed E-state index contributed by atoms with van der Waals surface area (Å²) in [5, 5.41) is 6.82. The smallest absolute Gasteiger partial charge is 0.340 e. The molecule has 1 atom stereocenters. The fraction of sp³-hybridized carbons (Fsp3) is 0.308. The summed E-state index contributed by atoms with van der Waals surface area (Å²) in [5.74, 6) is -0.0553. The molecular weight excluding hydrogens is 331 g/mol. The Labute approximate surface area is 136 Å². The summed E-state index contributed by atoms with van der Waals surface area (Å²) >= 11 is 11.9. The van der Waals surface area contributed by atoms with E-state index in [1.165, 1.54) is 7.11 Å². The van der Waals surface area contributed by atoms with Gasteiger partial charge in [-0.1, -0.05) is 29.3 Å². The third kappa shape index (κ3) is 3.68. The van der Waals surface area contributed by atoms with Crippen LogP contribution in [0.2, 0.25) is 10.0 Å². The zero-order chi connectivity index (χ0) is 16.3. The van der Waals surface area contributed by atoms with Crippen molar-refractivity contribution in [1.29, 1.82) is 0 Å². The van der Waals surface area contributed by atoms with Crippen LogP contribution in [-0.2, 0) is 16.1 Å². The van der Waals surface area contributed by atoms with Gasteiger partial charge in [0.05, 0.1) is 23.7 Å². The van der Waals surface area contributed by atoms with Gasteiger partial charge in [0.15, 0.2) is 0 Å². The van der Waals surface area contributed by atoms with Gasteiger partial charge in [0.1, 0.15) is 11.9 Å². The van der Waals surface area contributed by atoms with Gasteiger partial charge in [0.25, 0.3) is 0 Å². The average Bonchev–Trinajstić information content (AvgIpc) is 2.88. The number of aromatic nitrogens is 3. The summed E-state index contributed by atoms with van der Waals surface area (Å²) in [7, 11) is 3.01. The third-order valence-electron chi connectivity index (χ3n) is 3.07. The lowest BCUT2D eigenvalue weighted by Gasteiger charge is -2.25. The molecule has 22 heavy (non-hydrogen) atoms. The van der Waals surface area contributed by atoms with E-state index in [1.54, 1.807) is 30.1 Å². The molecule has 0 saturated carbocycles. The molecule has 0 fully saturated rings. The van der Waals surface area contributed by atoms with Crippen molar-refractivity contribution in [3.05, 3.63) is 50.1 Å². The Morgan fingerprint density at radius 1 is 1.41 bits per heavy atom. The van der Waals surface area contributed by atoms with Gasteiger partial charge in [0, 0.05) is 0 Å². The largest absolute Gasteiger partial charge is 0.468 e. The molecule has 0 spiro atoms. The highest BCUT2D eigenvalue weighted by Gasteiger charge is 2.27. The molecule has 2 rings (SSSR count). The molecule has 0 radical (unpaired) electrons. The van der Waals surface area contributed by atoms with E-state index in [9.17, 15) is 9.59 Å². The standard InChI is InChI=1S/C13H14Cl2N4O3/c1-19(6-10-16-13(21)18-17-10)11(12(20)22-2)7-3-4-8(14)9(15)5-7/h3-5,11H,6H2,1-2H3,(H2,16,17,18,21)/t11-/m0/s1. The monoisotopic (exact) mass is 344 g/mol. The molecule has 0 amide bonds. The fourth-order valence-electron chi connectivity index (χ4n) is 2.07. The number of aromatic amines is 2. The highest BCUT2D eigenvalue weighted by molar-refractivity contribution is 6.42. The first-order valence-corrected chi connectivity index (χ1v) is 7.04. The molecule has 1 aromatic heterocycles. The van der Waals surface area contributed by atoms with Crippen LogP contribution < -0.4 is 5.69 Å². The van der Waals surface area contributed by atoms with Crippen LogP contribution >= 0.6 is 23.2 Å². The molecule has 0 unspecified atom stereocenters. The van der Waals surface area contributed by atoms with Crippen LogP contribution in [-0.4, -0.2) is 40.2 Å². The number of hydrogen-bond acceptors (Lipinski definition) is 5. The van der Waals surface area contributed by atoms with Crippen molar-refractivity contribution in [1.82, 2.24) is 20.1 Å². The normalized spacial score (nSPS) is 12.4. The molecule has 0 bridgehead atoms. The molecule has 118 valence electrons. The fourth-order valence-corrected chi connectivity index (χ4v) is 2.38. The molecule has 0 aliphatic rings. The van der Waals surface area contributed by atoms with Crippen molar-refractivity contribution in [2.45, 2.75) is 12.6 Å². The number of benzene rings is 1. The lowest BCUT2D eigenvalue weighted by atomic mass is 10.1. The van der Waals surface area contributed by atoms with Gasteiger partial charge in [-0.15, -0.1) is 0 Å². The second kappa shape index (κ2) is 6.95. The molecule has 7 nitrogen and oxygen atoms in total. The second-order valence-electron chi connectivity index (χ2n) is 4.64. The Balaban J connectivity index is 2.30. The number of rotatable bonds is 5. The van der Waals surface area contributed by atoms with E-state index in [-0.39, 0.29) is 6.54 Å². The minimum absolute atomic E-state index is 0.235. The number of methoxy groups -OCH3 is 1. The topological polar surface area (TPSA) is 91.1 Å². The summed E-state index contributed by atoms with van der Waals surface area (Å²) < 4.78 is 4.84. The molecular formula is C13H14Cl2N4O3. The van der Waals surface area contributed by atoms with Gasteiger partial charge in [-0.05, 0) is 24.7 Å². The Morgan fingerprint density at radius 2 is 2.14 bits per heavy atom. The minimum atomic E-state index is -0.708. The quantitative estimate of drug-likeness (QED) is 0.806. The predicted molar refractivity (Wildman–Crippen MR) is 81.9 cm³/mol. The number of ether oxygens (including phenoxy) is 1. The Kier molecular flexibility index (Phi) is 5.23. The summed E-state index contributed by atoms with van der Waals surface area (Å²) in [6, 6.07) is 4.20. The van der Waals surface area contributed by atoms with Crippen molar-refractivity contribution in [2.24, 2.45) is 0 Å². The lowest BCUT2D eigenvalue weighted by molar-refractivity contribution is -0.147. The van der Waals surface area contributed by atoms with E-state index in [0.29, 0.717) is 21.4 Å². The van der Waals surface area contributed by atoms with Gasteiger partial charge >= 0.3 is 11.7 Å². The maximum absolute atomic E-state index is 12.1. The molecule has 0 aliphatic carbocycles. The van der Waals surface area contributed by atoms with E-state index in [1.807, 2.05) is 0 Å². The highest BCUT2D eigenvalue weighted by atomic mass is 35.5. The first-order chi connectivity index (χ1) is 10.4. The van der Waals surface area contributed by atoms with Crippen LogP contribution in [0, 0.1) is 0 Å². The number of carbonyl (C=O) groups is 1. The molecule has 1 aromatic carbocycles. The van der Waals surface area contributed by atoms with Crippen molar-refractivity contribution in [3.8, 4) is 0 Å². The van der Waals surface area contributed by atoms with Gasteiger partial charge < -0.3 is 4.74 Å². The van der Waals surface area contributed by atoms with E-state index in [4.69, 9.17) is 27.9 Å². The predicted octanol–water partition coefficient (Wildman–Crippen LogP) is 1.75. The lowest BCUT2D eigenvalue weighted by Crippen LogP contribution is -2.32. The third-order valence-corrected chi connectivity index (χ3v) is 3.81. The first-order valence-electron chi connectivity index (χ1n) is 6.29. The van der Waals surface area contributed by atoms with Crippen LogP contribution in [0.3, 0.4) is 0 Å². The molecule has 2 aromatic rings. The molecule has 0 saturated heterocycles. The van der Waals surface area contributed by atoms with Crippen LogP contribution in [0.1, 0.15) is 17.4 Å². The minimum Gasteiger partial charge on any atom is -0.468 e. The molecule has 0 aliphatic heterocycles. The molecule has 1 heterocycles. The van der Waals surface area contributed by atoms with E-state index < -0.39 is 17.7 Å². The highest BCUT2D eigenvalue weighted by Crippen LogP contribution is 2.29. The van der Waals surface area contributed by atoms with Gasteiger partial charge in [-0.3, -0.25) is 9.88 Å². The Morgan fingerprint density at radius 3 is 2.68 bits per heavy atom. The van der Waals surface area contributed by atoms with Crippen LogP contribution in [0.15, 0.2) is 23.0 Å². The maximum Gasteiger partial charge on any atom is 0.340 e. The number of carbonyl (C=O) groups excluding carboxylic acids is 1. The second-order valence-corrected chi connectivity index (χ2v) is 5.45. The SMILES string of the molecule is COC(=O)[C@H](c1ccc(Cl)c(Cl)c1)N(C)Cc1n[nH]c(=O)[nH]1. The number of halogens is 2. The zero-order valence-corrected chi connectivity index (χ0v) is 13.4. The summed E-state index contributed by atoms with van der Waals surface area (Å²) in [6.45, 7) is 0.235. The van der Waals surface area contributed by atoms with Crippen molar-refractivity contribution in [2.75, 3.05) is 14.2 Å². The zero-order valence-electron chi connectivity index (χ0n) is 11.9. The first kappa shape index (κ1) is 16.5. The van der Waals surface area contributed by atoms with E-state index >= 15 is 0 Å². The number of esters is 1.